The molecule has 0 unspecified atom stereocenters. The smallest absolute Gasteiger partial charge is 0.156 e. The molecule has 4 nitrogen and oxygen atoms in total. The molecule has 0 spiro atoms. The number of nitrogens with one attached hydrogen (secondary N) is 1. The molecular weight excluding hydrogens is 200 g/mol. The maximum Gasteiger partial charge on any atom is 0.156 e. The maximum absolute atomic E-state index is 5.49. The summed E-state index contributed by atoms with van der Waals surface area (Å²) in [6, 6.07) is 0. The first-order valence-corrected chi connectivity index (χ1v) is 4.23. The maximum atomic E-state index is 5.49. The van der Waals surface area contributed by atoms with Crippen molar-refractivity contribution in [2.75, 3.05) is 5.73 Å². The van der Waals surface area contributed by atoms with Gasteiger partial charge in [-0.15, -0.1) is 5.10 Å². The molecule has 1 heterocycles. The number of nitrogen functional groups attached to an aromatic ring is 1. The van der Waals surface area contributed by atoms with E-state index in [4.69, 9.17) is 18.0 Å². The first-order chi connectivity index (χ1) is 5.25. The Bertz CT molecular complexity index is 281. The normalized spacial score (nSPS) is 9.09. The Hall–Kier alpha value is -0.660. The minimum atomic E-state index is 0.409. The van der Waals surface area contributed by atoms with Crippen LogP contribution in [-0.2, 0) is 0 Å². The Morgan fingerprint density at radius 2 is 2.45 bits per heavy atom. The molecule has 0 aliphatic carbocycles. The van der Waals surface area contributed by atoms with Crippen LogP contribution in [0.15, 0.2) is 0 Å². The molecule has 11 heavy (non-hydrogen) atoms. The number of nitrogens with two attached hydrogens (primary N) is 1. The molecule has 0 saturated heterocycles. The molecule has 0 bridgehead atoms. The fraction of sp³-hybridized carbons (Fsp3) is 0. The van der Waals surface area contributed by atoms with Gasteiger partial charge in [0.25, 0.3) is 0 Å². The van der Waals surface area contributed by atoms with Gasteiger partial charge in [-0.2, -0.15) is 0 Å². The van der Waals surface area contributed by atoms with E-state index in [1.165, 1.54) is 5.49 Å². The molecule has 7 heteroatoms. The van der Waals surface area contributed by atoms with Crippen LogP contribution in [0, 0.1) is 0 Å². The van der Waals surface area contributed by atoms with Crippen molar-refractivity contribution in [1.29, 1.82) is 0 Å². The molecule has 0 amide bonds. The van der Waals surface area contributed by atoms with Crippen molar-refractivity contribution < 1.29 is 0 Å². The minimum absolute atomic E-state index is 0.409. The van der Waals surface area contributed by atoms with Crippen LogP contribution < -0.4 is 11.1 Å². The van der Waals surface area contributed by atoms with Crippen molar-refractivity contribution in [2.45, 2.75) is 0 Å². The predicted octanol–water partition coefficient (Wildman–Crippen LogP) is 0.343. The summed E-state index contributed by atoms with van der Waals surface area (Å²) in [5, 5.41) is 6.84. The molecule has 3 N–H and O–H groups in total. The van der Waals surface area contributed by atoms with Gasteiger partial charge in [0, 0.05) is 11.5 Å². The highest BCUT2D eigenvalue weighted by Gasteiger charge is 2.07. The molecular formula is C4H4N4S3. The number of anilines is 1. The molecule has 58 valence electrons. The number of nitrogens with zero attached hydrogens (tertiary/aromatic N) is 2. The van der Waals surface area contributed by atoms with Gasteiger partial charge in [0.05, 0.1) is 5.49 Å². The van der Waals surface area contributed by atoms with Crippen LogP contribution in [-0.4, -0.2) is 20.1 Å². The van der Waals surface area contributed by atoms with E-state index in [1.807, 2.05) is 0 Å². The van der Waals surface area contributed by atoms with E-state index in [0.717, 1.165) is 11.5 Å². The van der Waals surface area contributed by atoms with Gasteiger partial charge in [-0.1, -0.05) is 28.9 Å². The van der Waals surface area contributed by atoms with Gasteiger partial charge in [-0.05, 0) is 0 Å². The van der Waals surface area contributed by atoms with Gasteiger partial charge in [0.2, 0.25) is 0 Å². The number of aromatic nitrogens is 2. The highest BCUT2D eigenvalue weighted by molar-refractivity contribution is 7.81. The SMILES string of the molecule is Nc1snnc1C(=S)NC=S. The summed E-state index contributed by atoms with van der Waals surface area (Å²) in [6.45, 7) is 0. The Kier molecular flexibility index (Phi) is 2.80. The highest BCUT2D eigenvalue weighted by atomic mass is 32.1. The zero-order valence-corrected chi connectivity index (χ0v) is 7.72. The molecule has 0 aromatic carbocycles. The summed E-state index contributed by atoms with van der Waals surface area (Å²) < 4.78 is 3.62. The summed E-state index contributed by atoms with van der Waals surface area (Å²) in [6.07, 6.45) is 0. The topological polar surface area (TPSA) is 63.8 Å². The second kappa shape index (κ2) is 3.65. The minimum Gasteiger partial charge on any atom is -0.387 e. The summed E-state index contributed by atoms with van der Waals surface area (Å²) in [4.78, 5) is 0.409. The molecule has 1 aromatic heterocycles. The second-order valence-corrected chi connectivity index (χ2v) is 3.01. The third-order valence-corrected chi connectivity index (χ3v) is 1.90. The lowest BCUT2D eigenvalue weighted by Crippen LogP contribution is -2.20. The summed E-state index contributed by atoms with van der Waals surface area (Å²) in [5.41, 5.74) is 7.29. The summed E-state index contributed by atoms with van der Waals surface area (Å²) >= 11 is 10.5. The van der Waals surface area contributed by atoms with Gasteiger partial charge in [0.15, 0.2) is 5.69 Å². The molecule has 1 aromatic rings. The molecule has 0 radical (unpaired) electrons. The van der Waals surface area contributed by atoms with Crippen LogP contribution in [0.25, 0.3) is 0 Å². The van der Waals surface area contributed by atoms with Gasteiger partial charge < -0.3 is 11.1 Å². The first-order valence-electron chi connectivity index (χ1n) is 2.58. The zero-order valence-electron chi connectivity index (χ0n) is 5.27. The van der Waals surface area contributed by atoms with Crippen LogP contribution in [0.4, 0.5) is 5.00 Å². The lowest BCUT2D eigenvalue weighted by atomic mass is 10.4. The highest BCUT2D eigenvalue weighted by Crippen LogP contribution is 2.11. The standard InChI is InChI=1S/C4H4N4S3/c5-3-2(7-8-11-3)4(10)6-1-9/h1H,5H2,(H,6,9,10). The second-order valence-electron chi connectivity index (χ2n) is 1.58. The number of hydrogen-bond donors (Lipinski definition) is 2. The Morgan fingerprint density at radius 3 is 2.91 bits per heavy atom. The van der Waals surface area contributed by atoms with E-state index in [1.54, 1.807) is 0 Å². The largest absolute Gasteiger partial charge is 0.387 e. The van der Waals surface area contributed by atoms with Crippen molar-refractivity contribution in [3.05, 3.63) is 5.69 Å². The quantitative estimate of drug-likeness (QED) is 0.677. The molecule has 0 aliphatic rings. The van der Waals surface area contributed by atoms with E-state index in [0.29, 0.717) is 15.7 Å². The van der Waals surface area contributed by atoms with Gasteiger partial charge in [-0.3, -0.25) is 0 Å². The Balaban J connectivity index is 2.83. The van der Waals surface area contributed by atoms with Crippen LogP contribution in [0.1, 0.15) is 5.69 Å². The summed E-state index contributed by atoms with van der Waals surface area (Å²) in [7, 11) is 0. The molecule has 1 rings (SSSR count). The molecule has 0 atom stereocenters. The lowest BCUT2D eigenvalue weighted by molar-refractivity contribution is 1.13. The fourth-order valence-corrected chi connectivity index (χ4v) is 1.38. The van der Waals surface area contributed by atoms with Crippen LogP contribution in [0.5, 0.6) is 0 Å². The number of thiocarbonyl (C=S) groups is 2. The average molecular weight is 204 g/mol. The monoisotopic (exact) mass is 204 g/mol. The van der Waals surface area contributed by atoms with Crippen LogP contribution in [0.3, 0.4) is 0 Å². The Morgan fingerprint density at radius 1 is 1.73 bits per heavy atom. The van der Waals surface area contributed by atoms with Crippen LogP contribution >= 0.6 is 36.0 Å². The van der Waals surface area contributed by atoms with Crippen molar-refractivity contribution >= 4 is 51.4 Å². The third kappa shape index (κ3) is 1.88. The van der Waals surface area contributed by atoms with Crippen molar-refractivity contribution in [3.8, 4) is 0 Å². The molecule has 0 aliphatic heterocycles. The van der Waals surface area contributed by atoms with Gasteiger partial charge >= 0.3 is 0 Å². The number of hydrogen-bond acceptors (Lipinski definition) is 6. The molecule has 0 fully saturated rings. The summed E-state index contributed by atoms with van der Waals surface area (Å²) in [5.74, 6) is 0. The zero-order chi connectivity index (χ0) is 8.27. The Labute approximate surface area is 78.0 Å². The first kappa shape index (κ1) is 8.44. The van der Waals surface area contributed by atoms with Crippen molar-refractivity contribution in [2.24, 2.45) is 0 Å². The molecule has 0 saturated carbocycles. The van der Waals surface area contributed by atoms with E-state index in [2.05, 4.69) is 27.1 Å². The van der Waals surface area contributed by atoms with E-state index in [-0.39, 0.29) is 0 Å². The lowest BCUT2D eigenvalue weighted by Gasteiger charge is -1.96. The average Bonchev–Trinajstić information content (AvgIpc) is 2.36. The fourth-order valence-electron chi connectivity index (χ4n) is 0.477. The van der Waals surface area contributed by atoms with E-state index in [9.17, 15) is 0 Å². The van der Waals surface area contributed by atoms with E-state index < -0.39 is 0 Å². The van der Waals surface area contributed by atoms with Gasteiger partial charge in [0.1, 0.15) is 9.99 Å². The predicted molar refractivity (Wildman–Crippen MR) is 52.8 cm³/mol. The van der Waals surface area contributed by atoms with E-state index >= 15 is 0 Å². The number of rotatable bonds is 2. The van der Waals surface area contributed by atoms with Crippen molar-refractivity contribution in [1.82, 2.24) is 14.9 Å². The van der Waals surface area contributed by atoms with Crippen molar-refractivity contribution in [3.63, 3.8) is 0 Å². The van der Waals surface area contributed by atoms with Gasteiger partial charge in [-0.25, -0.2) is 0 Å². The van der Waals surface area contributed by atoms with Crippen LogP contribution in [0.2, 0.25) is 0 Å². The third-order valence-electron chi connectivity index (χ3n) is 0.918.